The van der Waals surface area contributed by atoms with E-state index in [9.17, 15) is 0 Å². The summed E-state index contributed by atoms with van der Waals surface area (Å²) in [6.45, 7) is 3.06. The molecule has 0 amide bonds. The van der Waals surface area contributed by atoms with Crippen LogP contribution >= 0.6 is 11.6 Å². The Morgan fingerprint density at radius 3 is 3.00 bits per heavy atom. The van der Waals surface area contributed by atoms with E-state index in [0.717, 1.165) is 47.9 Å². The molecule has 2 aromatic rings. The van der Waals surface area contributed by atoms with Crippen molar-refractivity contribution in [3.63, 3.8) is 0 Å². The van der Waals surface area contributed by atoms with Crippen molar-refractivity contribution in [2.75, 3.05) is 24.5 Å². The number of nitrogens with one attached hydrogen (secondary N) is 1. The number of fused-ring (bicyclic) bond motifs is 3. The van der Waals surface area contributed by atoms with Crippen molar-refractivity contribution in [2.45, 2.75) is 12.5 Å². The average Bonchev–Trinajstić information content (AvgIpc) is 2.74. The maximum Gasteiger partial charge on any atom is 0.0859 e. The van der Waals surface area contributed by atoms with E-state index >= 15 is 0 Å². The normalized spacial score (nSPS) is 20.2. The van der Waals surface area contributed by atoms with Gasteiger partial charge in [0.2, 0.25) is 0 Å². The maximum absolute atomic E-state index is 6.36. The third-order valence-corrected chi connectivity index (χ3v) is 4.76. The lowest BCUT2D eigenvalue weighted by atomic mass is 10.0. The minimum Gasteiger partial charge on any atom is -0.364 e. The molecule has 1 atom stereocenters. The third-order valence-electron chi connectivity index (χ3n) is 4.43. The molecule has 1 fully saturated rings. The van der Waals surface area contributed by atoms with Crippen molar-refractivity contribution in [3.8, 4) is 11.1 Å². The van der Waals surface area contributed by atoms with Crippen LogP contribution in [-0.4, -0.2) is 31.9 Å². The fourth-order valence-electron chi connectivity index (χ4n) is 3.29. The highest BCUT2D eigenvalue weighted by atomic mass is 35.5. The quantitative estimate of drug-likeness (QED) is 0.865. The summed E-state index contributed by atoms with van der Waals surface area (Å²) in [6.07, 6.45) is 3.04. The number of halogens is 1. The Morgan fingerprint density at radius 1 is 1.18 bits per heavy atom. The fraction of sp³-hybridized carbons (Fsp3) is 0.278. The Labute approximate surface area is 135 Å². The summed E-state index contributed by atoms with van der Waals surface area (Å²) in [7, 11) is 0. The van der Waals surface area contributed by atoms with Gasteiger partial charge in [-0.3, -0.25) is 4.99 Å². The highest BCUT2D eigenvalue weighted by Gasteiger charge is 2.25. The first-order chi connectivity index (χ1) is 10.8. The molecule has 0 aliphatic carbocycles. The van der Waals surface area contributed by atoms with Crippen molar-refractivity contribution < 1.29 is 0 Å². The standard InChI is InChI=1S/C18H18ClN3/c19-16-4-2-1-3-15(16)13-5-6-17-18(11-13)22-10-9-20-12-14(22)7-8-21-17/h1-6,8,11,14,20H,7,9-10,12H2. The minimum absolute atomic E-state index is 0.486. The molecular weight excluding hydrogens is 294 g/mol. The molecule has 0 bridgehead atoms. The van der Waals surface area contributed by atoms with Gasteiger partial charge < -0.3 is 10.2 Å². The lowest BCUT2D eigenvalue weighted by Crippen LogP contribution is -2.51. The third kappa shape index (κ3) is 2.40. The van der Waals surface area contributed by atoms with E-state index in [-0.39, 0.29) is 0 Å². The highest BCUT2D eigenvalue weighted by Crippen LogP contribution is 2.38. The van der Waals surface area contributed by atoms with E-state index in [1.165, 1.54) is 5.69 Å². The molecule has 0 aromatic heterocycles. The van der Waals surface area contributed by atoms with E-state index in [0.29, 0.717) is 6.04 Å². The van der Waals surface area contributed by atoms with Gasteiger partial charge in [-0.25, -0.2) is 0 Å². The second kappa shape index (κ2) is 5.75. The number of hydrogen-bond acceptors (Lipinski definition) is 3. The highest BCUT2D eigenvalue weighted by molar-refractivity contribution is 6.33. The summed E-state index contributed by atoms with van der Waals surface area (Å²) >= 11 is 6.36. The Hall–Kier alpha value is -1.84. The molecule has 3 nitrogen and oxygen atoms in total. The molecule has 2 aliphatic heterocycles. The molecule has 2 aliphatic rings. The van der Waals surface area contributed by atoms with Crippen LogP contribution < -0.4 is 10.2 Å². The van der Waals surface area contributed by atoms with Crippen molar-refractivity contribution in [1.29, 1.82) is 0 Å². The van der Waals surface area contributed by atoms with Crippen LogP contribution in [0, 0.1) is 0 Å². The summed E-state index contributed by atoms with van der Waals surface area (Å²) in [5, 5.41) is 4.26. The predicted octanol–water partition coefficient (Wildman–Crippen LogP) is 3.89. The summed E-state index contributed by atoms with van der Waals surface area (Å²) in [5.74, 6) is 0. The molecule has 22 heavy (non-hydrogen) atoms. The van der Waals surface area contributed by atoms with Crippen molar-refractivity contribution in [1.82, 2.24) is 5.32 Å². The van der Waals surface area contributed by atoms with Crippen LogP contribution in [0.15, 0.2) is 47.5 Å². The molecule has 1 saturated heterocycles. The Kier molecular flexibility index (Phi) is 3.60. The first-order valence-electron chi connectivity index (χ1n) is 7.72. The van der Waals surface area contributed by atoms with Gasteiger partial charge in [-0.2, -0.15) is 0 Å². The van der Waals surface area contributed by atoms with E-state index in [2.05, 4.69) is 39.5 Å². The smallest absolute Gasteiger partial charge is 0.0859 e. The number of anilines is 1. The summed E-state index contributed by atoms with van der Waals surface area (Å²) in [4.78, 5) is 7.13. The molecule has 4 heteroatoms. The van der Waals surface area contributed by atoms with Crippen LogP contribution in [0.3, 0.4) is 0 Å². The van der Waals surface area contributed by atoms with Gasteiger partial charge in [0.15, 0.2) is 0 Å². The van der Waals surface area contributed by atoms with E-state index in [4.69, 9.17) is 11.6 Å². The molecule has 4 rings (SSSR count). The zero-order chi connectivity index (χ0) is 14.9. The van der Waals surface area contributed by atoms with Crippen molar-refractivity contribution in [3.05, 3.63) is 47.5 Å². The topological polar surface area (TPSA) is 27.6 Å². The monoisotopic (exact) mass is 311 g/mol. The SMILES string of the molecule is Clc1ccccc1-c1ccc2c(c1)N1CCNCC1CC=N2. The van der Waals surface area contributed by atoms with Gasteiger partial charge in [-0.05, 0) is 23.8 Å². The van der Waals surface area contributed by atoms with Crippen LogP contribution in [0.5, 0.6) is 0 Å². The lowest BCUT2D eigenvalue weighted by molar-refractivity contribution is 0.489. The summed E-state index contributed by atoms with van der Waals surface area (Å²) in [6, 6.07) is 14.9. The summed E-state index contributed by atoms with van der Waals surface area (Å²) < 4.78 is 0. The van der Waals surface area contributed by atoms with Gasteiger partial charge >= 0.3 is 0 Å². The average molecular weight is 312 g/mol. The number of benzene rings is 2. The van der Waals surface area contributed by atoms with Gasteiger partial charge in [0, 0.05) is 48.9 Å². The molecule has 0 spiro atoms. The molecule has 0 radical (unpaired) electrons. The first kappa shape index (κ1) is 13.8. The van der Waals surface area contributed by atoms with E-state index in [1.807, 2.05) is 24.4 Å². The fourth-order valence-corrected chi connectivity index (χ4v) is 3.53. The molecule has 2 heterocycles. The van der Waals surface area contributed by atoms with E-state index in [1.54, 1.807) is 0 Å². The first-order valence-corrected chi connectivity index (χ1v) is 8.09. The van der Waals surface area contributed by atoms with Gasteiger partial charge in [0.05, 0.1) is 11.4 Å². The Balaban J connectivity index is 1.81. The summed E-state index contributed by atoms with van der Waals surface area (Å²) in [5.41, 5.74) is 4.50. The van der Waals surface area contributed by atoms with Gasteiger partial charge in [0.25, 0.3) is 0 Å². The zero-order valence-electron chi connectivity index (χ0n) is 12.3. The van der Waals surface area contributed by atoms with Crippen LogP contribution in [0.4, 0.5) is 11.4 Å². The molecule has 1 unspecified atom stereocenters. The van der Waals surface area contributed by atoms with E-state index < -0.39 is 0 Å². The number of piperazine rings is 1. The molecule has 0 saturated carbocycles. The Bertz CT molecular complexity index is 726. The minimum atomic E-state index is 0.486. The number of nitrogens with zero attached hydrogens (tertiary/aromatic N) is 2. The maximum atomic E-state index is 6.36. The molecule has 1 N–H and O–H groups in total. The van der Waals surface area contributed by atoms with Gasteiger partial charge in [-0.1, -0.05) is 35.9 Å². The lowest BCUT2D eigenvalue weighted by Gasteiger charge is -2.37. The van der Waals surface area contributed by atoms with Crippen LogP contribution in [-0.2, 0) is 0 Å². The van der Waals surface area contributed by atoms with Crippen LogP contribution in [0.2, 0.25) is 5.02 Å². The largest absolute Gasteiger partial charge is 0.364 e. The van der Waals surface area contributed by atoms with Gasteiger partial charge in [-0.15, -0.1) is 0 Å². The van der Waals surface area contributed by atoms with Crippen LogP contribution in [0.1, 0.15) is 6.42 Å². The van der Waals surface area contributed by atoms with Crippen molar-refractivity contribution in [2.24, 2.45) is 4.99 Å². The number of hydrogen-bond donors (Lipinski definition) is 1. The van der Waals surface area contributed by atoms with Gasteiger partial charge in [0.1, 0.15) is 0 Å². The zero-order valence-corrected chi connectivity index (χ0v) is 13.1. The number of rotatable bonds is 1. The van der Waals surface area contributed by atoms with Crippen molar-refractivity contribution >= 4 is 29.2 Å². The second-order valence-corrected chi connectivity index (χ2v) is 6.19. The van der Waals surface area contributed by atoms with Crippen LogP contribution in [0.25, 0.3) is 11.1 Å². The molecule has 2 aromatic carbocycles. The molecule has 112 valence electrons. The Morgan fingerprint density at radius 2 is 2.09 bits per heavy atom. The second-order valence-electron chi connectivity index (χ2n) is 5.78. The number of aliphatic imine (C=N–C) groups is 1. The molecular formula is C18H18ClN3. The predicted molar refractivity (Wildman–Crippen MR) is 93.7 cm³/mol.